The summed E-state index contributed by atoms with van der Waals surface area (Å²) in [6.07, 6.45) is 1.40. The largest absolute Gasteiger partial charge is 0.618 e. The van der Waals surface area contributed by atoms with Crippen LogP contribution in [0, 0.1) is 11.0 Å². The maximum atomic E-state index is 14.6. The molecule has 1 heterocycles. The Morgan fingerprint density at radius 1 is 0.829 bits per heavy atom. The molecule has 0 saturated heterocycles. The number of hydrogen-bond acceptors (Lipinski definition) is 3. The van der Waals surface area contributed by atoms with Crippen LogP contribution in [0.15, 0.2) is 102 Å². The van der Waals surface area contributed by atoms with Gasteiger partial charge in [-0.05, 0) is 60.7 Å². The van der Waals surface area contributed by atoms with Crippen LogP contribution in [0.25, 0.3) is 11.3 Å². The van der Waals surface area contributed by atoms with Gasteiger partial charge in [-0.25, -0.2) is 9.18 Å². The second-order valence-corrected chi connectivity index (χ2v) is 8.45. The molecule has 1 unspecified atom stereocenters. The van der Waals surface area contributed by atoms with Gasteiger partial charge < -0.3 is 21.2 Å². The number of nitrogens with zero attached hydrogens (tertiary/aromatic N) is 1. The fraction of sp³-hybridized carbons (Fsp3) is 0.0385. The van der Waals surface area contributed by atoms with Gasteiger partial charge in [0.2, 0.25) is 5.69 Å². The third-order valence-electron chi connectivity index (χ3n) is 5.13. The number of amides is 3. The molecular formula is C26H20BrFN4O3. The average molecular weight is 535 g/mol. The number of nitrogens with one attached hydrogen (secondary N) is 3. The van der Waals surface area contributed by atoms with Gasteiger partial charge in [0.15, 0.2) is 6.20 Å². The molecule has 35 heavy (non-hydrogen) atoms. The molecule has 0 spiro atoms. The Morgan fingerprint density at radius 3 is 2.14 bits per heavy atom. The third kappa shape index (κ3) is 6.01. The minimum absolute atomic E-state index is 0.0178. The Bertz CT molecular complexity index is 1350. The van der Waals surface area contributed by atoms with E-state index in [1.54, 1.807) is 72.8 Å². The van der Waals surface area contributed by atoms with Gasteiger partial charge in [0, 0.05) is 39.1 Å². The first-order valence-corrected chi connectivity index (χ1v) is 11.4. The molecule has 0 saturated carbocycles. The van der Waals surface area contributed by atoms with Crippen LogP contribution in [-0.4, -0.2) is 11.9 Å². The number of anilines is 2. The average Bonchev–Trinajstić information content (AvgIpc) is 2.85. The number of halogens is 2. The molecule has 1 aromatic heterocycles. The fourth-order valence-corrected chi connectivity index (χ4v) is 3.68. The van der Waals surface area contributed by atoms with E-state index in [0.29, 0.717) is 22.6 Å². The highest BCUT2D eigenvalue weighted by Gasteiger charge is 2.26. The van der Waals surface area contributed by atoms with Crippen LogP contribution in [-0.2, 0) is 4.79 Å². The monoisotopic (exact) mass is 534 g/mol. The smallest absolute Gasteiger partial charge is 0.320 e. The van der Waals surface area contributed by atoms with Crippen molar-refractivity contribution in [2.75, 3.05) is 10.6 Å². The zero-order valence-corrected chi connectivity index (χ0v) is 19.8. The van der Waals surface area contributed by atoms with Crippen molar-refractivity contribution < 1.29 is 18.7 Å². The minimum atomic E-state index is -1.30. The van der Waals surface area contributed by atoms with Gasteiger partial charge in [-0.1, -0.05) is 34.1 Å². The van der Waals surface area contributed by atoms with Crippen LogP contribution in [0.5, 0.6) is 0 Å². The zero-order chi connectivity index (χ0) is 24.8. The number of carbonyl (C=O) groups is 2. The Balaban J connectivity index is 1.52. The highest BCUT2D eigenvalue weighted by atomic mass is 79.9. The zero-order valence-electron chi connectivity index (χ0n) is 18.2. The topological polar surface area (TPSA) is 97.2 Å². The van der Waals surface area contributed by atoms with E-state index < -0.39 is 23.8 Å². The molecule has 0 bridgehead atoms. The predicted octanol–water partition coefficient (Wildman–Crippen LogP) is 5.39. The van der Waals surface area contributed by atoms with E-state index >= 15 is 0 Å². The quantitative estimate of drug-likeness (QED) is 0.228. The second-order valence-electron chi connectivity index (χ2n) is 7.54. The van der Waals surface area contributed by atoms with E-state index in [1.165, 1.54) is 24.4 Å². The Hall–Kier alpha value is -4.24. The van der Waals surface area contributed by atoms with Crippen LogP contribution in [0.3, 0.4) is 0 Å². The van der Waals surface area contributed by atoms with E-state index in [0.717, 1.165) is 9.20 Å². The number of aromatic nitrogens is 1. The van der Waals surface area contributed by atoms with Crippen LogP contribution < -0.4 is 20.7 Å². The number of hydrogen-bond donors (Lipinski definition) is 3. The van der Waals surface area contributed by atoms with Gasteiger partial charge in [-0.15, -0.1) is 0 Å². The van der Waals surface area contributed by atoms with Crippen molar-refractivity contribution in [3.05, 3.63) is 118 Å². The lowest BCUT2D eigenvalue weighted by Crippen LogP contribution is -2.39. The van der Waals surface area contributed by atoms with Crippen molar-refractivity contribution in [2.24, 2.45) is 0 Å². The van der Waals surface area contributed by atoms with E-state index in [9.17, 15) is 19.2 Å². The molecule has 1 atom stereocenters. The summed E-state index contributed by atoms with van der Waals surface area (Å²) >= 11 is 3.32. The summed E-state index contributed by atoms with van der Waals surface area (Å²) in [5.41, 5.74) is 2.07. The van der Waals surface area contributed by atoms with E-state index in [-0.39, 0.29) is 5.56 Å². The second kappa shape index (κ2) is 10.8. The van der Waals surface area contributed by atoms with Crippen molar-refractivity contribution in [3.8, 4) is 11.3 Å². The summed E-state index contributed by atoms with van der Waals surface area (Å²) in [7, 11) is 0. The summed E-state index contributed by atoms with van der Waals surface area (Å²) < 4.78 is 16.1. The van der Waals surface area contributed by atoms with E-state index in [4.69, 9.17) is 0 Å². The minimum Gasteiger partial charge on any atom is -0.618 e. The van der Waals surface area contributed by atoms with Crippen LogP contribution in [0.4, 0.5) is 20.6 Å². The van der Waals surface area contributed by atoms with Gasteiger partial charge in [-0.3, -0.25) is 4.79 Å². The molecule has 0 aliphatic carbocycles. The molecule has 0 radical (unpaired) electrons. The van der Waals surface area contributed by atoms with Gasteiger partial charge in [0.25, 0.3) is 5.91 Å². The van der Waals surface area contributed by atoms with Crippen molar-refractivity contribution >= 4 is 39.2 Å². The van der Waals surface area contributed by atoms with Gasteiger partial charge >= 0.3 is 6.03 Å². The summed E-state index contributed by atoms with van der Waals surface area (Å²) in [6.45, 7) is 0. The first-order valence-electron chi connectivity index (χ1n) is 10.6. The van der Waals surface area contributed by atoms with E-state index in [2.05, 4.69) is 31.9 Å². The lowest BCUT2D eigenvalue weighted by molar-refractivity contribution is -0.593. The molecule has 9 heteroatoms. The van der Waals surface area contributed by atoms with Crippen LogP contribution in [0.2, 0.25) is 0 Å². The Morgan fingerprint density at radius 2 is 1.46 bits per heavy atom. The normalized spacial score (nSPS) is 11.4. The molecule has 4 rings (SSSR count). The number of pyridine rings is 1. The predicted molar refractivity (Wildman–Crippen MR) is 135 cm³/mol. The fourth-order valence-electron chi connectivity index (χ4n) is 3.42. The molecule has 0 aliphatic heterocycles. The van der Waals surface area contributed by atoms with Gasteiger partial charge in [0.1, 0.15) is 11.9 Å². The maximum Gasteiger partial charge on any atom is 0.320 e. The molecule has 176 valence electrons. The van der Waals surface area contributed by atoms with Crippen molar-refractivity contribution in [3.63, 3.8) is 0 Å². The summed E-state index contributed by atoms with van der Waals surface area (Å²) in [5.74, 6) is -1.26. The summed E-state index contributed by atoms with van der Waals surface area (Å²) in [5, 5.41) is 19.8. The molecule has 4 aromatic rings. The number of carbonyl (C=O) groups excluding carboxylic acids is 2. The number of urea groups is 1. The molecule has 0 aliphatic rings. The summed E-state index contributed by atoms with van der Waals surface area (Å²) in [4.78, 5) is 25.7. The highest BCUT2D eigenvalue weighted by molar-refractivity contribution is 9.10. The molecule has 0 fully saturated rings. The van der Waals surface area contributed by atoms with Gasteiger partial charge in [0.05, 0.1) is 0 Å². The maximum absolute atomic E-state index is 14.6. The molecular weight excluding hydrogens is 515 g/mol. The van der Waals surface area contributed by atoms with Crippen molar-refractivity contribution in [2.45, 2.75) is 6.04 Å². The first-order chi connectivity index (χ1) is 16.9. The summed E-state index contributed by atoms with van der Waals surface area (Å²) in [6, 6.07) is 22.3. The van der Waals surface area contributed by atoms with Crippen molar-refractivity contribution in [1.82, 2.24) is 5.32 Å². The van der Waals surface area contributed by atoms with Crippen LogP contribution >= 0.6 is 15.9 Å². The lowest BCUT2D eigenvalue weighted by atomic mass is 10.0. The lowest BCUT2D eigenvalue weighted by Gasteiger charge is -2.20. The molecule has 3 amide bonds. The third-order valence-corrected chi connectivity index (χ3v) is 5.66. The van der Waals surface area contributed by atoms with Gasteiger partial charge in [-0.2, -0.15) is 4.73 Å². The Labute approximate surface area is 209 Å². The molecule has 3 N–H and O–H groups in total. The molecule has 7 nitrogen and oxygen atoms in total. The Kier molecular flexibility index (Phi) is 7.37. The number of rotatable bonds is 6. The first kappa shape index (κ1) is 23.9. The SMILES string of the molecule is O=C(Nc1ccc(Br)cc1)NC(C(=O)Nc1ccc(-c2cccc[n+]2[O-])cc1)c1ccccc1F. The van der Waals surface area contributed by atoms with E-state index in [1.807, 2.05) is 0 Å². The van der Waals surface area contributed by atoms with Crippen molar-refractivity contribution in [1.29, 1.82) is 0 Å². The molecule has 3 aromatic carbocycles. The standard InChI is InChI=1S/C26H20BrFN4O3/c27-18-10-14-20(15-11-18)30-26(34)31-24(21-5-1-2-6-22(21)28)25(33)29-19-12-8-17(9-13-19)23-7-3-4-16-32(23)35/h1-16,24H,(H,29,33)(H2,30,31,34). The number of benzene rings is 3. The highest BCUT2D eigenvalue weighted by Crippen LogP contribution is 2.22. The van der Waals surface area contributed by atoms with Crippen LogP contribution in [0.1, 0.15) is 11.6 Å².